The van der Waals surface area contributed by atoms with E-state index >= 15 is 0 Å². The summed E-state index contributed by atoms with van der Waals surface area (Å²) in [5.74, 6) is 2.00. The second-order valence-electron chi connectivity index (χ2n) is 4.10. The molecule has 5 heteroatoms. The van der Waals surface area contributed by atoms with E-state index in [0.717, 1.165) is 16.9 Å². The lowest BCUT2D eigenvalue weighted by Crippen LogP contribution is -1.87. The van der Waals surface area contributed by atoms with Crippen LogP contribution in [0.5, 0.6) is 5.75 Å². The van der Waals surface area contributed by atoms with Gasteiger partial charge in [0, 0.05) is 16.7 Å². The highest BCUT2D eigenvalue weighted by Crippen LogP contribution is 2.21. The van der Waals surface area contributed by atoms with Crippen LogP contribution < -0.4 is 4.74 Å². The molecule has 0 radical (unpaired) electrons. The van der Waals surface area contributed by atoms with Crippen molar-refractivity contribution < 1.29 is 4.74 Å². The summed E-state index contributed by atoms with van der Waals surface area (Å²) in [6.07, 6.45) is 0. The van der Waals surface area contributed by atoms with Crippen molar-refractivity contribution in [1.29, 1.82) is 5.26 Å². The number of hydrogen-bond acceptors (Lipinski definition) is 4. The molecule has 0 bridgehead atoms. The zero-order valence-corrected chi connectivity index (χ0v) is 11.1. The number of rotatable bonds is 3. The molecule has 19 heavy (non-hydrogen) atoms. The number of nitrogens with zero attached hydrogens (tertiary/aromatic N) is 3. The van der Waals surface area contributed by atoms with Crippen LogP contribution >= 0.6 is 0 Å². The Labute approximate surface area is 111 Å². The molecular weight excluding hydrogens is 240 g/mol. The van der Waals surface area contributed by atoms with Gasteiger partial charge in [0.15, 0.2) is 11.6 Å². The molecule has 0 atom stereocenters. The molecule has 1 aromatic heterocycles. The van der Waals surface area contributed by atoms with E-state index in [1.54, 1.807) is 14.0 Å². The van der Waals surface area contributed by atoms with Crippen molar-refractivity contribution in [2.24, 2.45) is 0 Å². The summed E-state index contributed by atoms with van der Waals surface area (Å²) in [6.45, 7) is 3.60. The van der Waals surface area contributed by atoms with Crippen LogP contribution in [0.2, 0.25) is 0 Å². The molecule has 96 valence electrons. The average molecular weight is 254 g/mol. The summed E-state index contributed by atoms with van der Waals surface area (Å²) < 4.78 is 5.10. The number of nitrogens with one attached hydrogen (secondary N) is 1. The number of aromatic amines is 1. The molecule has 1 heterocycles. The molecular formula is C14H14N4O. The Kier molecular flexibility index (Phi) is 3.62. The summed E-state index contributed by atoms with van der Waals surface area (Å²) in [5, 5.41) is 15.9. The Morgan fingerprint density at radius 3 is 2.53 bits per heavy atom. The van der Waals surface area contributed by atoms with Gasteiger partial charge in [-0.3, -0.25) is 5.10 Å². The van der Waals surface area contributed by atoms with Crippen LogP contribution in [-0.2, 0) is 0 Å². The quantitative estimate of drug-likeness (QED) is 0.854. The van der Waals surface area contributed by atoms with Crippen LogP contribution in [0.3, 0.4) is 0 Å². The molecule has 0 fully saturated rings. The van der Waals surface area contributed by atoms with Gasteiger partial charge in [-0.2, -0.15) is 10.4 Å². The van der Waals surface area contributed by atoms with Crippen molar-refractivity contribution in [1.82, 2.24) is 15.2 Å². The highest BCUT2D eigenvalue weighted by Gasteiger charge is 2.09. The summed E-state index contributed by atoms with van der Waals surface area (Å²) in [4.78, 5) is 4.39. The fourth-order valence-electron chi connectivity index (χ4n) is 1.56. The number of hydrogen-bond donors (Lipinski definition) is 1. The van der Waals surface area contributed by atoms with Gasteiger partial charge in [-0.15, -0.1) is 0 Å². The summed E-state index contributed by atoms with van der Waals surface area (Å²) in [5.41, 5.74) is 2.32. The van der Waals surface area contributed by atoms with Crippen molar-refractivity contribution in [3.05, 3.63) is 35.7 Å². The molecule has 0 aliphatic rings. The average Bonchev–Trinajstić information content (AvgIpc) is 2.95. The lowest BCUT2D eigenvalue weighted by molar-refractivity contribution is 0.415. The largest absolute Gasteiger partial charge is 0.497 e. The summed E-state index contributed by atoms with van der Waals surface area (Å²) >= 11 is 0. The molecule has 2 rings (SSSR count). The van der Waals surface area contributed by atoms with Crippen molar-refractivity contribution >= 4 is 5.57 Å². The van der Waals surface area contributed by atoms with E-state index in [9.17, 15) is 0 Å². The zero-order chi connectivity index (χ0) is 13.8. The summed E-state index contributed by atoms with van der Waals surface area (Å²) in [6, 6.07) is 9.60. The SMILES string of the molecule is COc1ccc(-c2n[nH]c(/C(C)=C(\C)C#N)n2)cc1. The van der Waals surface area contributed by atoms with Gasteiger partial charge in [0.1, 0.15) is 5.75 Å². The van der Waals surface area contributed by atoms with Gasteiger partial charge in [-0.1, -0.05) is 0 Å². The highest BCUT2D eigenvalue weighted by molar-refractivity contribution is 5.66. The second-order valence-corrected chi connectivity index (χ2v) is 4.10. The second kappa shape index (κ2) is 5.36. The first kappa shape index (κ1) is 12.8. The fourth-order valence-corrected chi connectivity index (χ4v) is 1.56. The van der Waals surface area contributed by atoms with E-state index in [1.807, 2.05) is 31.2 Å². The van der Waals surface area contributed by atoms with Crippen molar-refractivity contribution in [2.75, 3.05) is 7.11 Å². The maximum absolute atomic E-state index is 8.86. The van der Waals surface area contributed by atoms with Gasteiger partial charge in [-0.25, -0.2) is 4.98 Å². The number of H-pyrrole nitrogens is 1. The number of allylic oxidation sites excluding steroid dienone is 2. The van der Waals surface area contributed by atoms with Gasteiger partial charge >= 0.3 is 0 Å². The van der Waals surface area contributed by atoms with E-state index < -0.39 is 0 Å². The van der Waals surface area contributed by atoms with Gasteiger partial charge < -0.3 is 4.74 Å². The third kappa shape index (κ3) is 2.63. The van der Waals surface area contributed by atoms with Gasteiger partial charge in [-0.05, 0) is 38.1 Å². The number of ether oxygens (including phenoxy) is 1. The smallest absolute Gasteiger partial charge is 0.181 e. The van der Waals surface area contributed by atoms with E-state index in [2.05, 4.69) is 21.3 Å². The minimum atomic E-state index is 0.600. The van der Waals surface area contributed by atoms with Crippen LogP contribution in [-0.4, -0.2) is 22.3 Å². The Hall–Kier alpha value is -2.61. The third-order valence-electron chi connectivity index (χ3n) is 2.92. The minimum absolute atomic E-state index is 0.600. The van der Waals surface area contributed by atoms with Crippen LogP contribution in [0.4, 0.5) is 0 Å². The molecule has 0 aliphatic heterocycles. The standard InChI is InChI=1S/C14H14N4O/c1-9(8-15)10(2)13-16-14(18-17-13)11-4-6-12(19-3)7-5-11/h4-7H,1-3H3,(H,16,17,18)/b10-9+. The molecule has 2 aromatic rings. The Balaban J connectivity index is 2.33. The minimum Gasteiger partial charge on any atom is -0.497 e. The first-order chi connectivity index (χ1) is 9.15. The first-order valence-corrected chi connectivity index (χ1v) is 5.80. The van der Waals surface area contributed by atoms with Crippen molar-refractivity contribution in [2.45, 2.75) is 13.8 Å². The maximum Gasteiger partial charge on any atom is 0.181 e. The number of benzene rings is 1. The summed E-state index contributed by atoms with van der Waals surface area (Å²) in [7, 11) is 1.62. The van der Waals surface area contributed by atoms with Crippen molar-refractivity contribution in [3.63, 3.8) is 0 Å². The molecule has 0 aliphatic carbocycles. The third-order valence-corrected chi connectivity index (χ3v) is 2.92. The first-order valence-electron chi connectivity index (χ1n) is 5.80. The Morgan fingerprint density at radius 2 is 1.95 bits per heavy atom. The molecule has 0 saturated heterocycles. The highest BCUT2D eigenvalue weighted by atomic mass is 16.5. The maximum atomic E-state index is 8.86. The normalized spacial score (nSPS) is 11.7. The monoisotopic (exact) mass is 254 g/mol. The predicted molar refractivity (Wildman–Crippen MR) is 72.3 cm³/mol. The molecule has 0 spiro atoms. The van der Waals surface area contributed by atoms with E-state index in [4.69, 9.17) is 10.00 Å². The van der Waals surface area contributed by atoms with Gasteiger partial charge in [0.25, 0.3) is 0 Å². The van der Waals surface area contributed by atoms with Crippen LogP contribution in [0.25, 0.3) is 17.0 Å². The molecule has 1 N–H and O–H groups in total. The topological polar surface area (TPSA) is 74.6 Å². The Bertz CT molecular complexity index is 647. The van der Waals surface area contributed by atoms with Crippen LogP contribution in [0, 0.1) is 11.3 Å². The molecule has 0 unspecified atom stereocenters. The number of methoxy groups -OCH3 is 1. The zero-order valence-electron chi connectivity index (χ0n) is 11.1. The number of aromatic nitrogens is 3. The lowest BCUT2D eigenvalue weighted by atomic mass is 10.1. The molecule has 1 aromatic carbocycles. The van der Waals surface area contributed by atoms with Gasteiger partial charge in [0.2, 0.25) is 0 Å². The predicted octanol–water partition coefficient (Wildman–Crippen LogP) is 2.80. The number of nitriles is 1. The van der Waals surface area contributed by atoms with Crippen LogP contribution in [0.15, 0.2) is 29.8 Å². The van der Waals surface area contributed by atoms with Gasteiger partial charge in [0.05, 0.1) is 13.2 Å². The van der Waals surface area contributed by atoms with E-state index in [0.29, 0.717) is 17.2 Å². The van der Waals surface area contributed by atoms with E-state index in [-0.39, 0.29) is 0 Å². The van der Waals surface area contributed by atoms with Crippen molar-refractivity contribution in [3.8, 4) is 23.2 Å². The van der Waals surface area contributed by atoms with Crippen LogP contribution in [0.1, 0.15) is 19.7 Å². The van der Waals surface area contributed by atoms with E-state index in [1.165, 1.54) is 0 Å². The molecule has 5 nitrogen and oxygen atoms in total. The lowest BCUT2D eigenvalue weighted by Gasteiger charge is -1.99. The molecule has 0 amide bonds. The fraction of sp³-hybridized carbons (Fsp3) is 0.214. The molecule has 0 saturated carbocycles. The Morgan fingerprint density at radius 1 is 1.26 bits per heavy atom.